The Balaban J connectivity index is 1.61. The van der Waals surface area contributed by atoms with Crippen LogP contribution in [-0.4, -0.2) is 0 Å². The summed E-state index contributed by atoms with van der Waals surface area (Å²) in [6.45, 7) is 3.52. The maximum atomic E-state index is 13.6. The van der Waals surface area contributed by atoms with E-state index in [2.05, 4.69) is 42.7 Å². The van der Waals surface area contributed by atoms with Gasteiger partial charge in [0.1, 0.15) is 11.6 Å². The molecular weight excluding hydrogens is 350 g/mol. The van der Waals surface area contributed by atoms with Gasteiger partial charge in [-0.2, -0.15) is 0 Å². The van der Waals surface area contributed by atoms with Crippen LogP contribution < -0.4 is 0 Å². The Morgan fingerprint density at radius 3 is 2.07 bits per heavy atom. The van der Waals surface area contributed by atoms with E-state index in [0.717, 1.165) is 24.3 Å². The van der Waals surface area contributed by atoms with Gasteiger partial charge >= 0.3 is 0 Å². The number of hydrogen-bond acceptors (Lipinski definition) is 0. The zero-order valence-corrected chi connectivity index (χ0v) is 16.6. The zero-order chi connectivity index (χ0) is 19.9. The highest BCUT2D eigenvalue weighted by Gasteiger charge is 2.21. The van der Waals surface area contributed by atoms with Crippen molar-refractivity contribution in [2.75, 3.05) is 0 Å². The number of rotatable bonds is 2. The molecular formula is C26H26F2. The molecule has 0 N–H and O–H groups in total. The Morgan fingerprint density at radius 2 is 1.46 bits per heavy atom. The van der Waals surface area contributed by atoms with Gasteiger partial charge in [-0.15, -0.1) is 11.8 Å². The van der Waals surface area contributed by atoms with Gasteiger partial charge < -0.3 is 0 Å². The summed E-state index contributed by atoms with van der Waals surface area (Å²) >= 11 is 0. The molecule has 28 heavy (non-hydrogen) atoms. The molecule has 3 rings (SSSR count). The predicted octanol–water partition coefficient (Wildman–Crippen LogP) is 6.75. The Kier molecular flexibility index (Phi) is 6.89. The van der Waals surface area contributed by atoms with Crippen molar-refractivity contribution < 1.29 is 8.78 Å². The van der Waals surface area contributed by atoms with E-state index in [9.17, 15) is 8.78 Å². The molecule has 1 aliphatic carbocycles. The summed E-state index contributed by atoms with van der Waals surface area (Å²) in [5.41, 5.74) is 2.60. The standard InChI is InChI=1S/C26H26F2/c1-3-4-5-6-20-9-13-23(14-10-20)24-15-11-21(12-16-24)7-8-22-17-25(27)19(2)26(28)18-22/h11-12,15-18,20,23H,3,6,9-10,13-14H2,1-2H3. The van der Waals surface area contributed by atoms with E-state index < -0.39 is 11.6 Å². The summed E-state index contributed by atoms with van der Waals surface area (Å²) in [5, 5.41) is 0. The maximum Gasteiger partial charge on any atom is 0.130 e. The van der Waals surface area contributed by atoms with Gasteiger partial charge in [0.25, 0.3) is 0 Å². The van der Waals surface area contributed by atoms with Crippen LogP contribution in [0, 0.1) is 48.2 Å². The maximum absolute atomic E-state index is 13.6. The second kappa shape index (κ2) is 9.57. The van der Waals surface area contributed by atoms with Crippen molar-refractivity contribution in [3.8, 4) is 23.7 Å². The molecule has 2 aromatic rings. The third-order valence-electron chi connectivity index (χ3n) is 5.55. The third-order valence-corrected chi connectivity index (χ3v) is 5.55. The largest absolute Gasteiger partial charge is 0.207 e. The number of halogens is 2. The summed E-state index contributed by atoms with van der Waals surface area (Å²) in [4.78, 5) is 0. The van der Waals surface area contributed by atoms with Gasteiger partial charge in [-0.05, 0) is 74.3 Å². The Morgan fingerprint density at radius 1 is 0.857 bits per heavy atom. The summed E-state index contributed by atoms with van der Waals surface area (Å²) < 4.78 is 27.2. The third kappa shape index (κ3) is 5.24. The summed E-state index contributed by atoms with van der Waals surface area (Å²) in [6.07, 6.45) is 6.90. The topological polar surface area (TPSA) is 0 Å². The zero-order valence-electron chi connectivity index (χ0n) is 16.6. The van der Waals surface area contributed by atoms with E-state index >= 15 is 0 Å². The van der Waals surface area contributed by atoms with E-state index in [1.165, 1.54) is 50.3 Å². The molecule has 0 aliphatic heterocycles. The van der Waals surface area contributed by atoms with Crippen molar-refractivity contribution in [1.82, 2.24) is 0 Å². The van der Waals surface area contributed by atoms with Gasteiger partial charge in [0.2, 0.25) is 0 Å². The molecule has 2 heteroatoms. The van der Waals surface area contributed by atoms with Gasteiger partial charge in [-0.1, -0.05) is 30.9 Å². The van der Waals surface area contributed by atoms with E-state index in [4.69, 9.17) is 0 Å². The molecule has 0 nitrogen and oxygen atoms in total. The van der Waals surface area contributed by atoms with E-state index in [1.807, 2.05) is 12.1 Å². The van der Waals surface area contributed by atoms with Crippen LogP contribution in [0.25, 0.3) is 0 Å². The molecule has 144 valence electrons. The van der Waals surface area contributed by atoms with Gasteiger partial charge in [-0.25, -0.2) is 8.78 Å². The highest BCUT2D eigenvalue weighted by Crippen LogP contribution is 2.36. The monoisotopic (exact) mass is 376 g/mol. The molecule has 2 aromatic carbocycles. The molecule has 0 saturated heterocycles. The molecule has 0 atom stereocenters. The highest BCUT2D eigenvalue weighted by atomic mass is 19.1. The van der Waals surface area contributed by atoms with Crippen molar-refractivity contribution in [2.24, 2.45) is 5.92 Å². The van der Waals surface area contributed by atoms with E-state index in [-0.39, 0.29) is 5.56 Å². The fraction of sp³-hybridized carbons (Fsp3) is 0.385. The number of hydrogen-bond donors (Lipinski definition) is 0. The van der Waals surface area contributed by atoms with Gasteiger partial charge in [-0.3, -0.25) is 0 Å². The fourth-order valence-electron chi connectivity index (χ4n) is 3.74. The Bertz CT molecular complexity index is 901. The van der Waals surface area contributed by atoms with Crippen LogP contribution in [0.2, 0.25) is 0 Å². The first-order chi connectivity index (χ1) is 13.6. The van der Waals surface area contributed by atoms with Gasteiger partial charge in [0, 0.05) is 29.5 Å². The SMILES string of the molecule is CCC#CCC1CCC(c2ccc(C#Cc3cc(F)c(C)c(F)c3)cc2)CC1. The van der Waals surface area contributed by atoms with Crippen molar-refractivity contribution >= 4 is 0 Å². The Labute approximate surface area is 167 Å². The smallest absolute Gasteiger partial charge is 0.130 e. The minimum absolute atomic E-state index is 0.0297. The Hall–Kier alpha value is -2.58. The molecule has 1 aliphatic rings. The first-order valence-corrected chi connectivity index (χ1v) is 10.1. The van der Waals surface area contributed by atoms with Crippen LogP contribution in [0.5, 0.6) is 0 Å². The lowest BCUT2D eigenvalue weighted by molar-refractivity contribution is 0.331. The highest BCUT2D eigenvalue weighted by molar-refractivity contribution is 5.45. The van der Waals surface area contributed by atoms with E-state index in [1.54, 1.807) is 0 Å². The molecule has 0 unspecified atom stereocenters. The van der Waals surface area contributed by atoms with E-state index in [0.29, 0.717) is 11.5 Å². The predicted molar refractivity (Wildman–Crippen MR) is 111 cm³/mol. The molecule has 0 aromatic heterocycles. The normalized spacial score (nSPS) is 18.6. The second-order valence-electron chi connectivity index (χ2n) is 7.57. The summed E-state index contributed by atoms with van der Waals surface area (Å²) in [6, 6.07) is 10.8. The average molecular weight is 376 g/mol. The molecule has 0 spiro atoms. The van der Waals surface area contributed by atoms with Crippen molar-refractivity contribution in [3.63, 3.8) is 0 Å². The molecule has 0 heterocycles. The lowest BCUT2D eigenvalue weighted by Crippen LogP contribution is -2.12. The lowest BCUT2D eigenvalue weighted by Gasteiger charge is -2.27. The van der Waals surface area contributed by atoms with Crippen molar-refractivity contribution in [3.05, 3.63) is 70.3 Å². The minimum Gasteiger partial charge on any atom is -0.207 e. The van der Waals surface area contributed by atoms with Gasteiger partial charge in [0.05, 0.1) is 0 Å². The first kappa shape index (κ1) is 20.2. The first-order valence-electron chi connectivity index (χ1n) is 10.1. The molecule has 0 radical (unpaired) electrons. The van der Waals surface area contributed by atoms with Crippen molar-refractivity contribution in [1.29, 1.82) is 0 Å². The minimum atomic E-state index is -0.559. The molecule has 0 amide bonds. The summed E-state index contributed by atoms with van der Waals surface area (Å²) in [7, 11) is 0. The summed E-state index contributed by atoms with van der Waals surface area (Å²) in [5.74, 6) is 12.6. The molecule has 1 fully saturated rings. The van der Waals surface area contributed by atoms with Crippen molar-refractivity contribution in [2.45, 2.75) is 58.3 Å². The fourth-order valence-corrected chi connectivity index (χ4v) is 3.74. The van der Waals surface area contributed by atoms with Crippen LogP contribution in [-0.2, 0) is 0 Å². The molecule has 1 saturated carbocycles. The van der Waals surface area contributed by atoms with Crippen LogP contribution in [0.3, 0.4) is 0 Å². The van der Waals surface area contributed by atoms with Crippen LogP contribution in [0.1, 0.15) is 73.6 Å². The quantitative estimate of drug-likeness (QED) is 0.509. The molecule has 0 bridgehead atoms. The second-order valence-corrected chi connectivity index (χ2v) is 7.57. The number of benzene rings is 2. The lowest BCUT2D eigenvalue weighted by atomic mass is 9.77. The van der Waals surface area contributed by atoms with Gasteiger partial charge in [0.15, 0.2) is 0 Å². The van der Waals surface area contributed by atoms with Crippen LogP contribution in [0.4, 0.5) is 8.78 Å². The van der Waals surface area contributed by atoms with Crippen LogP contribution >= 0.6 is 0 Å². The van der Waals surface area contributed by atoms with Crippen LogP contribution in [0.15, 0.2) is 36.4 Å². The average Bonchev–Trinajstić information content (AvgIpc) is 2.71.